The van der Waals surface area contributed by atoms with Crippen molar-refractivity contribution in [2.24, 2.45) is 0 Å². The fourth-order valence-corrected chi connectivity index (χ4v) is 3.21. The maximum absolute atomic E-state index is 11.6. The van der Waals surface area contributed by atoms with Gasteiger partial charge in [0.15, 0.2) is 0 Å². The number of ether oxygens (including phenoxy) is 1. The minimum atomic E-state index is -1.53. The van der Waals surface area contributed by atoms with Crippen LogP contribution in [0.2, 0.25) is 5.02 Å². The first kappa shape index (κ1) is 20.4. The lowest BCUT2D eigenvalue weighted by Gasteiger charge is -2.07. The molecular weight excluding hydrogens is 398 g/mol. The number of rotatable bonds is 6. The molecule has 0 radical (unpaired) electrons. The number of carbonyl (C=O) groups excluding carboxylic acids is 1. The van der Waals surface area contributed by atoms with Gasteiger partial charge < -0.3 is 24.6 Å². The summed E-state index contributed by atoms with van der Waals surface area (Å²) in [6.45, 7) is 0.431. The number of aliphatic hydroxyl groups is 2. The quantitative estimate of drug-likeness (QED) is 0.322. The van der Waals surface area contributed by atoms with E-state index in [1.807, 2.05) is 4.57 Å². The second kappa shape index (κ2) is 8.38. The number of aliphatic hydroxyl groups excluding tert-OH is 2. The molecule has 29 heavy (non-hydrogen) atoms. The van der Waals surface area contributed by atoms with Crippen LogP contribution in [0.5, 0.6) is 0 Å². The van der Waals surface area contributed by atoms with Crippen LogP contribution < -0.4 is 0 Å². The first-order valence-electron chi connectivity index (χ1n) is 8.58. The first-order chi connectivity index (χ1) is 13.8. The monoisotopic (exact) mass is 415 g/mol. The van der Waals surface area contributed by atoms with Crippen LogP contribution in [0.25, 0.3) is 10.9 Å². The molecule has 0 aliphatic carbocycles. The van der Waals surface area contributed by atoms with Crippen molar-refractivity contribution in [3.63, 3.8) is 0 Å². The number of carboxylic acids is 1. The first-order valence-corrected chi connectivity index (χ1v) is 8.95. The van der Waals surface area contributed by atoms with Gasteiger partial charge in [-0.05, 0) is 42.0 Å². The number of hydrogen-bond acceptors (Lipinski definition) is 5. The molecule has 0 aliphatic rings. The molecule has 1 heterocycles. The van der Waals surface area contributed by atoms with Crippen LogP contribution in [0.3, 0.4) is 0 Å². The van der Waals surface area contributed by atoms with Crippen molar-refractivity contribution in [2.45, 2.75) is 12.6 Å². The number of halogens is 1. The maximum Gasteiger partial charge on any atom is 0.370 e. The number of benzene rings is 2. The summed E-state index contributed by atoms with van der Waals surface area (Å²) in [7, 11) is 1.32. The van der Waals surface area contributed by atoms with Gasteiger partial charge in [-0.3, -0.25) is 0 Å². The molecule has 0 spiro atoms. The fraction of sp³-hybridized carbons (Fsp3) is 0.143. The number of methoxy groups -OCH3 is 1. The largest absolute Gasteiger partial charge is 0.502 e. The third kappa shape index (κ3) is 4.42. The van der Waals surface area contributed by atoms with Crippen molar-refractivity contribution in [3.8, 4) is 0 Å². The van der Waals surface area contributed by atoms with E-state index < -0.39 is 23.8 Å². The van der Waals surface area contributed by atoms with Gasteiger partial charge >= 0.3 is 11.9 Å². The van der Waals surface area contributed by atoms with Crippen molar-refractivity contribution >= 4 is 34.4 Å². The highest BCUT2D eigenvalue weighted by atomic mass is 35.5. The van der Waals surface area contributed by atoms with Crippen molar-refractivity contribution < 1.29 is 29.6 Å². The molecule has 7 nitrogen and oxygen atoms in total. The summed E-state index contributed by atoms with van der Waals surface area (Å²) in [4.78, 5) is 22.4. The smallest absolute Gasteiger partial charge is 0.370 e. The Hall–Kier alpha value is -3.29. The number of carboxylic acid groups (broad SMARTS) is 1. The lowest BCUT2D eigenvalue weighted by Crippen LogP contribution is -2.03. The highest BCUT2D eigenvalue weighted by molar-refractivity contribution is 6.31. The van der Waals surface area contributed by atoms with E-state index in [9.17, 15) is 19.8 Å². The van der Waals surface area contributed by atoms with Crippen molar-refractivity contribution in [2.75, 3.05) is 7.11 Å². The molecule has 3 aromatic rings. The van der Waals surface area contributed by atoms with Gasteiger partial charge in [-0.15, -0.1) is 0 Å². The fourth-order valence-electron chi connectivity index (χ4n) is 3.03. The van der Waals surface area contributed by atoms with E-state index in [0.29, 0.717) is 28.1 Å². The van der Waals surface area contributed by atoms with Gasteiger partial charge in [-0.25, -0.2) is 9.59 Å². The second-order valence-corrected chi connectivity index (χ2v) is 6.80. The summed E-state index contributed by atoms with van der Waals surface area (Å²) in [5, 5.41) is 29.8. The van der Waals surface area contributed by atoms with Crippen LogP contribution in [0.15, 0.2) is 60.5 Å². The number of aromatic nitrogens is 1. The standard InChI is InChI=1S/C21H18ClNO6/c1-29-21(28)13-4-2-12(3-5-13)10-23-11-16(18(24)9-19(25)20(26)27)15-8-14(22)6-7-17(15)23/h2-9,11,18,24-25H,10H2,1H3,(H,26,27)/b19-9-. The zero-order valence-electron chi connectivity index (χ0n) is 15.4. The number of hydrogen-bond donors (Lipinski definition) is 3. The third-order valence-corrected chi connectivity index (χ3v) is 4.69. The lowest BCUT2D eigenvalue weighted by atomic mass is 10.1. The molecule has 0 fully saturated rings. The molecule has 0 bridgehead atoms. The van der Waals surface area contributed by atoms with E-state index in [1.54, 1.807) is 48.7 Å². The summed E-state index contributed by atoms with van der Waals surface area (Å²) in [6.07, 6.45) is 1.19. The van der Waals surface area contributed by atoms with Crippen molar-refractivity contribution in [1.82, 2.24) is 4.57 Å². The molecule has 1 aromatic heterocycles. The van der Waals surface area contributed by atoms with Gasteiger partial charge in [-0.2, -0.15) is 0 Å². The molecule has 8 heteroatoms. The summed E-state index contributed by atoms with van der Waals surface area (Å²) in [5.41, 5.74) is 2.51. The van der Waals surface area contributed by atoms with Crippen LogP contribution in [-0.2, 0) is 16.1 Å². The molecule has 2 aromatic carbocycles. The highest BCUT2D eigenvalue weighted by Gasteiger charge is 2.17. The van der Waals surface area contributed by atoms with Crippen LogP contribution in [0, 0.1) is 0 Å². The van der Waals surface area contributed by atoms with E-state index in [-0.39, 0.29) is 0 Å². The highest BCUT2D eigenvalue weighted by Crippen LogP contribution is 2.31. The van der Waals surface area contributed by atoms with Crippen LogP contribution >= 0.6 is 11.6 Å². The van der Waals surface area contributed by atoms with Gasteiger partial charge in [0.2, 0.25) is 5.76 Å². The maximum atomic E-state index is 11.6. The Kier molecular flexibility index (Phi) is 5.91. The van der Waals surface area contributed by atoms with E-state index in [1.165, 1.54) is 7.11 Å². The number of carbonyl (C=O) groups is 2. The van der Waals surface area contributed by atoms with E-state index in [4.69, 9.17) is 16.7 Å². The molecule has 0 amide bonds. The SMILES string of the molecule is COC(=O)c1ccc(Cn2cc(C(O)/C=C(\O)C(=O)O)c3cc(Cl)ccc32)cc1. The molecule has 3 rings (SSSR count). The predicted molar refractivity (Wildman–Crippen MR) is 107 cm³/mol. The Morgan fingerprint density at radius 3 is 2.48 bits per heavy atom. The van der Waals surface area contributed by atoms with E-state index in [0.717, 1.165) is 17.2 Å². The summed E-state index contributed by atoms with van der Waals surface area (Å²) in [5.74, 6) is -2.90. The average molecular weight is 416 g/mol. The Bertz CT molecular complexity index is 1100. The number of aliphatic carboxylic acids is 1. The minimum absolute atomic E-state index is 0.404. The molecule has 1 atom stereocenters. The van der Waals surface area contributed by atoms with Gasteiger partial charge in [0.05, 0.1) is 12.7 Å². The molecule has 3 N–H and O–H groups in total. The Morgan fingerprint density at radius 1 is 1.17 bits per heavy atom. The van der Waals surface area contributed by atoms with Crippen LogP contribution in [-0.4, -0.2) is 38.9 Å². The molecule has 150 valence electrons. The molecular formula is C21H18ClNO6. The Balaban J connectivity index is 1.99. The normalized spacial score (nSPS) is 12.7. The van der Waals surface area contributed by atoms with Gasteiger partial charge in [0.1, 0.15) is 6.10 Å². The minimum Gasteiger partial charge on any atom is -0.502 e. The second-order valence-electron chi connectivity index (χ2n) is 6.36. The summed E-state index contributed by atoms with van der Waals surface area (Å²) in [6, 6.07) is 12.1. The molecule has 1 unspecified atom stereocenters. The third-order valence-electron chi connectivity index (χ3n) is 4.46. The van der Waals surface area contributed by atoms with Gasteiger partial charge in [0.25, 0.3) is 0 Å². The predicted octanol–water partition coefficient (Wildman–Crippen LogP) is 3.69. The molecule has 0 saturated carbocycles. The average Bonchev–Trinajstić information content (AvgIpc) is 3.05. The van der Waals surface area contributed by atoms with Crippen LogP contribution in [0.1, 0.15) is 27.6 Å². The molecule has 0 saturated heterocycles. The van der Waals surface area contributed by atoms with E-state index in [2.05, 4.69) is 4.74 Å². The Labute approximate surface area is 171 Å². The zero-order chi connectivity index (χ0) is 21.1. The van der Waals surface area contributed by atoms with Crippen molar-refractivity contribution in [1.29, 1.82) is 0 Å². The van der Waals surface area contributed by atoms with Gasteiger partial charge in [-0.1, -0.05) is 23.7 Å². The zero-order valence-corrected chi connectivity index (χ0v) is 16.1. The van der Waals surface area contributed by atoms with Gasteiger partial charge in [0, 0.05) is 34.2 Å². The summed E-state index contributed by atoms with van der Waals surface area (Å²) >= 11 is 6.09. The summed E-state index contributed by atoms with van der Waals surface area (Å²) < 4.78 is 6.55. The number of esters is 1. The molecule has 0 aliphatic heterocycles. The van der Waals surface area contributed by atoms with Crippen molar-refractivity contribution in [3.05, 3.63) is 82.2 Å². The lowest BCUT2D eigenvalue weighted by molar-refractivity contribution is -0.135. The number of fused-ring (bicyclic) bond motifs is 1. The van der Waals surface area contributed by atoms with E-state index >= 15 is 0 Å². The number of nitrogens with zero attached hydrogens (tertiary/aromatic N) is 1. The Morgan fingerprint density at radius 2 is 1.86 bits per heavy atom. The topological polar surface area (TPSA) is 109 Å². The van der Waals surface area contributed by atoms with Crippen LogP contribution in [0.4, 0.5) is 0 Å².